The predicted molar refractivity (Wildman–Crippen MR) is 211 cm³/mol. The summed E-state index contributed by atoms with van der Waals surface area (Å²) in [5.41, 5.74) is 6.61. The molecule has 1 aromatic carbocycles. The molecule has 0 saturated heterocycles. The first-order valence-corrected chi connectivity index (χ1v) is 20.2. The molecule has 0 aliphatic rings. The fraction of sp³-hybridized carbons (Fsp3) is 0.659. The molecule has 0 bridgehead atoms. The quantitative estimate of drug-likeness (QED) is 0.0374. The number of imidazole rings is 1. The molecule has 13 heteroatoms. The summed E-state index contributed by atoms with van der Waals surface area (Å²) in [7, 11) is 0. The zero-order chi connectivity index (χ0) is 39.0. The average Bonchev–Trinajstić information content (AvgIpc) is 3.56. The lowest BCUT2D eigenvalue weighted by Gasteiger charge is -2.22. The molecule has 2 heterocycles. The fourth-order valence-electron chi connectivity index (χ4n) is 6.34. The van der Waals surface area contributed by atoms with Gasteiger partial charge in [0.15, 0.2) is 11.2 Å². The van der Waals surface area contributed by atoms with Crippen molar-refractivity contribution in [2.24, 2.45) is 11.8 Å². The van der Waals surface area contributed by atoms with Crippen molar-refractivity contribution in [3.05, 3.63) is 52.6 Å². The summed E-state index contributed by atoms with van der Waals surface area (Å²) in [6.45, 7) is 6.30. The Morgan fingerprint density at radius 3 is 2.07 bits per heavy atom. The summed E-state index contributed by atoms with van der Waals surface area (Å²) in [5.74, 6) is -1.48. The van der Waals surface area contributed by atoms with E-state index in [-0.39, 0.29) is 55.6 Å². The molecule has 1 unspecified atom stereocenters. The number of hydrogen-bond acceptors (Lipinski definition) is 10. The number of anilines is 1. The highest BCUT2D eigenvalue weighted by Gasteiger charge is 2.27. The number of carbonyl (C=O) groups excluding carboxylic acids is 3. The first-order valence-electron chi connectivity index (χ1n) is 20.2. The number of alkyl carbamates (subject to hydrolysis) is 1. The molecular formula is C41H64N6O7. The van der Waals surface area contributed by atoms with E-state index >= 15 is 0 Å². The number of aromatic nitrogens is 4. The monoisotopic (exact) mass is 752 g/mol. The molecule has 3 rings (SSSR count). The number of amides is 1. The van der Waals surface area contributed by atoms with E-state index in [2.05, 4.69) is 27.2 Å². The van der Waals surface area contributed by atoms with Gasteiger partial charge in [-0.2, -0.15) is 4.98 Å². The van der Waals surface area contributed by atoms with Gasteiger partial charge >= 0.3 is 18.0 Å². The molecule has 0 saturated carbocycles. The number of H-pyrrole nitrogens is 1. The normalized spacial score (nSPS) is 12.4. The van der Waals surface area contributed by atoms with Gasteiger partial charge in [0.2, 0.25) is 5.95 Å². The summed E-state index contributed by atoms with van der Waals surface area (Å²) in [5, 5.41) is 2.62. The van der Waals surface area contributed by atoms with E-state index in [0.717, 1.165) is 24.8 Å². The first kappa shape index (κ1) is 44.0. The Kier molecular flexibility index (Phi) is 20.8. The SMILES string of the molecule is CCCCCCCCCCCCCCCCCC(=O)OCC(CCOC(=O)[C@@H](NC(=O)OCc1ccccc1)C(C)C)Cn1cnc2c(=O)[nH]c(N)nc21. The van der Waals surface area contributed by atoms with Crippen LogP contribution in [0.3, 0.4) is 0 Å². The van der Waals surface area contributed by atoms with Gasteiger partial charge in [0.1, 0.15) is 12.6 Å². The second-order valence-electron chi connectivity index (χ2n) is 14.7. The van der Waals surface area contributed by atoms with Crippen LogP contribution in [-0.4, -0.2) is 56.8 Å². The number of benzene rings is 1. The average molecular weight is 753 g/mol. The molecule has 0 aliphatic heterocycles. The minimum atomic E-state index is -0.920. The van der Waals surface area contributed by atoms with Crippen LogP contribution in [0.2, 0.25) is 0 Å². The number of unbranched alkanes of at least 4 members (excludes halogenated alkanes) is 14. The van der Waals surface area contributed by atoms with Crippen LogP contribution < -0.4 is 16.6 Å². The van der Waals surface area contributed by atoms with Crippen LogP contribution in [0.5, 0.6) is 0 Å². The van der Waals surface area contributed by atoms with Gasteiger partial charge in [0.05, 0.1) is 19.5 Å². The molecule has 4 N–H and O–H groups in total. The molecule has 1 amide bonds. The second kappa shape index (κ2) is 25.6. The van der Waals surface area contributed by atoms with E-state index in [4.69, 9.17) is 19.9 Å². The number of aromatic amines is 1. The molecule has 0 fully saturated rings. The summed E-state index contributed by atoms with van der Waals surface area (Å²) in [4.78, 5) is 61.5. The lowest BCUT2D eigenvalue weighted by atomic mass is 10.0. The maximum atomic E-state index is 13.1. The van der Waals surface area contributed by atoms with Crippen molar-refractivity contribution < 1.29 is 28.6 Å². The summed E-state index contributed by atoms with van der Waals surface area (Å²) in [6.07, 6.45) is 20.2. The van der Waals surface area contributed by atoms with Crippen LogP contribution >= 0.6 is 0 Å². The largest absolute Gasteiger partial charge is 0.465 e. The number of fused-ring (bicyclic) bond motifs is 1. The van der Waals surface area contributed by atoms with Crippen molar-refractivity contribution >= 4 is 35.1 Å². The Bertz CT molecular complexity index is 1570. The zero-order valence-electron chi connectivity index (χ0n) is 32.8. The second-order valence-corrected chi connectivity index (χ2v) is 14.7. The lowest BCUT2D eigenvalue weighted by Crippen LogP contribution is -2.45. The third kappa shape index (κ3) is 17.2. The Hall–Kier alpha value is -4.42. The smallest absolute Gasteiger partial charge is 0.408 e. The molecule has 0 spiro atoms. The van der Waals surface area contributed by atoms with Gasteiger partial charge in [-0.25, -0.2) is 14.6 Å². The van der Waals surface area contributed by atoms with E-state index in [9.17, 15) is 19.2 Å². The van der Waals surface area contributed by atoms with Crippen LogP contribution in [0.4, 0.5) is 10.7 Å². The van der Waals surface area contributed by atoms with Gasteiger partial charge < -0.3 is 29.8 Å². The number of nitrogen functional groups attached to an aromatic ring is 1. The Morgan fingerprint density at radius 2 is 1.46 bits per heavy atom. The van der Waals surface area contributed by atoms with Crippen molar-refractivity contribution in [2.45, 2.75) is 149 Å². The van der Waals surface area contributed by atoms with Gasteiger partial charge in [-0.3, -0.25) is 14.6 Å². The van der Waals surface area contributed by atoms with Crippen molar-refractivity contribution in [2.75, 3.05) is 18.9 Å². The van der Waals surface area contributed by atoms with Crippen molar-refractivity contribution in [3.63, 3.8) is 0 Å². The Labute approximate surface area is 320 Å². The number of nitrogens with one attached hydrogen (secondary N) is 2. The van der Waals surface area contributed by atoms with E-state index in [1.54, 1.807) is 18.4 Å². The molecular weight excluding hydrogens is 688 g/mol. The topological polar surface area (TPSA) is 181 Å². The molecule has 54 heavy (non-hydrogen) atoms. The lowest BCUT2D eigenvalue weighted by molar-refractivity contribution is -0.149. The minimum absolute atomic E-state index is 0.00679. The number of nitrogens with zero attached hydrogens (tertiary/aromatic N) is 3. The standard InChI is InChI=1S/C41H64N6O7/c1-4-5-6-7-8-9-10-11-12-13-14-15-16-17-21-24-34(48)53-29-33(27-47-30-43-36-37(47)45-40(42)46-38(36)49)25-26-52-39(50)35(31(2)3)44-41(51)54-28-32-22-19-18-20-23-32/h18-20,22-23,30-31,33,35H,4-17,21,24-29H2,1-3H3,(H,44,51)(H3,42,45,46,49)/t33?,35-/m0/s1. The van der Waals surface area contributed by atoms with Crippen LogP contribution in [0, 0.1) is 11.8 Å². The summed E-state index contributed by atoms with van der Waals surface area (Å²) in [6, 6.07) is 8.33. The maximum Gasteiger partial charge on any atom is 0.408 e. The van der Waals surface area contributed by atoms with Gasteiger partial charge in [-0.05, 0) is 24.3 Å². The molecule has 3 aromatic rings. The highest BCUT2D eigenvalue weighted by atomic mass is 16.6. The van der Waals surface area contributed by atoms with Gasteiger partial charge in [-0.15, -0.1) is 0 Å². The Balaban J connectivity index is 1.42. The summed E-state index contributed by atoms with van der Waals surface area (Å²) < 4.78 is 18.3. The van der Waals surface area contributed by atoms with Crippen molar-refractivity contribution in [1.82, 2.24) is 24.8 Å². The number of carbonyl (C=O) groups is 3. The van der Waals surface area contributed by atoms with E-state index < -0.39 is 23.7 Å². The van der Waals surface area contributed by atoms with Crippen molar-refractivity contribution in [3.8, 4) is 0 Å². The molecule has 13 nitrogen and oxygen atoms in total. The highest BCUT2D eigenvalue weighted by molar-refractivity contribution is 5.81. The van der Waals surface area contributed by atoms with Crippen LogP contribution in [0.15, 0.2) is 41.5 Å². The first-order chi connectivity index (χ1) is 26.2. The minimum Gasteiger partial charge on any atom is -0.465 e. The number of nitrogens with two attached hydrogens (primary N) is 1. The van der Waals surface area contributed by atoms with E-state index in [0.29, 0.717) is 18.5 Å². The van der Waals surface area contributed by atoms with Gasteiger partial charge in [0, 0.05) is 18.9 Å². The summed E-state index contributed by atoms with van der Waals surface area (Å²) >= 11 is 0. The number of esters is 2. The molecule has 2 atom stereocenters. The van der Waals surface area contributed by atoms with Crippen molar-refractivity contribution in [1.29, 1.82) is 0 Å². The number of rotatable bonds is 28. The molecule has 300 valence electrons. The Morgan fingerprint density at radius 1 is 0.852 bits per heavy atom. The number of ether oxygens (including phenoxy) is 3. The van der Waals surface area contributed by atoms with E-state index in [1.807, 2.05) is 30.3 Å². The molecule has 0 radical (unpaired) electrons. The number of hydrogen-bond donors (Lipinski definition) is 3. The molecule has 2 aromatic heterocycles. The zero-order valence-corrected chi connectivity index (χ0v) is 32.8. The maximum absolute atomic E-state index is 13.1. The fourth-order valence-corrected chi connectivity index (χ4v) is 6.34. The highest BCUT2D eigenvalue weighted by Crippen LogP contribution is 2.17. The molecule has 0 aliphatic carbocycles. The van der Waals surface area contributed by atoms with Crippen LogP contribution in [0.25, 0.3) is 11.2 Å². The van der Waals surface area contributed by atoms with Crippen LogP contribution in [0.1, 0.15) is 135 Å². The van der Waals surface area contributed by atoms with Gasteiger partial charge in [0.25, 0.3) is 5.56 Å². The third-order valence-corrected chi connectivity index (χ3v) is 9.59. The van der Waals surface area contributed by atoms with Crippen LogP contribution in [-0.2, 0) is 37.0 Å². The predicted octanol–water partition coefficient (Wildman–Crippen LogP) is 8.01. The van der Waals surface area contributed by atoms with Gasteiger partial charge in [-0.1, -0.05) is 141 Å². The third-order valence-electron chi connectivity index (χ3n) is 9.59. The van der Waals surface area contributed by atoms with E-state index in [1.165, 1.54) is 83.4 Å².